The number of likely N-dealkylation sites (tertiary alicyclic amines) is 1. The van der Waals surface area contributed by atoms with Gasteiger partial charge >= 0.3 is 5.69 Å². The van der Waals surface area contributed by atoms with Gasteiger partial charge in [0.05, 0.1) is 6.04 Å². The topological polar surface area (TPSA) is 83.0 Å². The quantitative estimate of drug-likeness (QED) is 0.735. The molecule has 0 aliphatic carbocycles. The lowest BCUT2D eigenvalue weighted by Crippen LogP contribution is -2.44. The van der Waals surface area contributed by atoms with E-state index in [1.54, 1.807) is 7.05 Å². The third-order valence-corrected chi connectivity index (χ3v) is 3.69. The SMILES string of the molecule is CC(C(=O)NCCc1n[nH]c(=O)n1C)N1CCCC1. The highest BCUT2D eigenvalue weighted by Gasteiger charge is 2.23. The van der Waals surface area contributed by atoms with Crippen molar-refractivity contribution in [3.8, 4) is 0 Å². The van der Waals surface area contributed by atoms with Crippen LogP contribution in [0.1, 0.15) is 25.6 Å². The standard InChI is InChI=1S/C12H21N5O2/c1-9(17-7-3-4-8-17)11(18)13-6-5-10-14-15-12(19)16(10)2/h9H,3-8H2,1-2H3,(H,13,18)(H,15,19). The van der Waals surface area contributed by atoms with Gasteiger partial charge in [-0.2, -0.15) is 5.10 Å². The van der Waals surface area contributed by atoms with Crippen LogP contribution in [0.4, 0.5) is 0 Å². The fraction of sp³-hybridized carbons (Fsp3) is 0.750. The second-order valence-electron chi connectivity index (χ2n) is 4.96. The smallest absolute Gasteiger partial charge is 0.343 e. The van der Waals surface area contributed by atoms with Crippen molar-refractivity contribution in [3.63, 3.8) is 0 Å². The molecule has 2 N–H and O–H groups in total. The number of aromatic amines is 1. The van der Waals surface area contributed by atoms with Crippen LogP contribution in [0, 0.1) is 0 Å². The summed E-state index contributed by atoms with van der Waals surface area (Å²) in [4.78, 5) is 25.3. The molecule has 0 radical (unpaired) electrons. The van der Waals surface area contributed by atoms with Crippen LogP contribution in [0.15, 0.2) is 4.79 Å². The van der Waals surface area contributed by atoms with Gasteiger partial charge in [-0.05, 0) is 32.9 Å². The van der Waals surface area contributed by atoms with Crippen molar-refractivity contribution in [3.05, 3.63) is 16.3 Å². The van der Waals surface area contributed by atoms with E-state index in [4.69, 9.17) is 0 Å². The van der Waals surface area contributed by atoms with E-state index in [2.05, 4.69) is 20.4 Å². The third-order valence-electron chi connectivity index (χ3n) is 3.69. The monoisotopic (exact) mass is 267 g/mol. The minimum atomic E-state index is -0.230. The molecule has 1 unspecified atom stereocenters. The first-order valence-electron chi connectivity index (χ1n) is 6.71. The number of nitrogens with zero attached hydrogens (tertiary/aromatic N) is 3. The maximum absolute atomic E-state index is 12.0. The van der Waals surface area contributed by atoms with Gasteiger partial charge in [0.15, 0.2) is 0 Å². The Labute approximate surface area is 112 Å². The normalized spacial score (nSPS) is 17.6. The molecule has 19 heavy (non-hydrogen) atoms. The number of nitrogens with one attached hydrogen (secondary N) is 2. The molecule has 1 saturated heterocycles. The van der Waals surface area contributed by atoms with Crippen molar-refractivity contribution in [1.82, 2.24) is 25.0 Å². The summed E-state index contributed by atoms with van der Waals surface area (Å²) in [5.74, 6) is 0.696. The number of rotatable bonds is 5. The summed E-state index contributed by atoms with van der Waals surface area (Å²) < 4.78 is 1.45. The molecule has 1 aromatic heterocycles. The molecular weight excluding hydrogens is 246 g/mol. The number of aromatic nitrogens is 3. The first-order chi connectivity index (χ1) is 9.09. The maximum Gasteiger partial charge on any atom is 0.343 e. The van der Waals surface area contributed by atoms with Gasteiger partial charge in [0, 0.05) is 20.0 Å². The number of carbonyl (C=O) groups is 1. The molecule has 0 saturated carbocycles. The van der Waals surface area contributed by atoms with Gasteiger partial charge in [-0.3, -0.25) is 14.3 Å². The van der Waals surface area contributed by atoms with Gasteiger partial charge in [0.1, 0.15) is 5.82 Å². The molecule has 1 atom stereocenters. The summed E-state index contributed by atoms with van der Waals surface area (Å²) in [5, 5.41) is 9.17. The average Bonchev–Trinajstić information content (AvgIpc) is 3.03. The molecule has 1 aromatic rings. The van der Waals surface area contributed by atoms with Crippen LogP contribution < -0.4 is 11.0 Å². The number of H-pyrrole nitrogens is 1. The number of hydrogen-bond donors (Lipinski definition) is 2. The largest absolute Gasteiger partial charge is 0.354 e. The van der Waals surface area contributed by atoms with Crippen molar-refractivity contribution in [2.45, 2.75) is 32.2 Å². The Morgan fingerprint density at radius 3 is 2.74 bits per heavy atom. The molecule has 1 amide bonds. The fourth-order valence-electron chi connectivity index (χ4n) is 2.34. The van der Waals surface area contributed by atoms with Crippen LogP contribution in [0.2, 0.25) is 0 Å². The Morgan fingerprint density at radius 1 is 1.47 bits per heavy atom. The van der Waals surface area contributed by atoms with Gasteiger partial charge in [-0.15, -0.1) is 0 Å². The van der Waals surface area contributed by atoms with E-state index in [1.807, 2.05) is 6.92 Å². The number of hydrogen-bond acceptors (Lipinski definition) is 4. The van der Waals surface area contributed by atoms with Crippen molar-refractivity contribution in [2.75, 3.05) is 19.6 Å². The molecule has 2 heterocycles. The van der Waals surface area contributed by atoms with E-state index in [1.165, 1.54) is 17.4 Å². The second kappa shape index (κ2) is 6.01. The van der Waals surface area contributed by atoms with Crippen molar-refractivity contribution >= 4 is 5.91 Å². The Bertz CT molecular complexity index is 487. The average molecular weight is 267 g/mol. The summed E-state index contributed by atoms with van der Waals surface area (Å²) >= 11 is 0. The molecule has 7 heteroatoms. The summed E-state index contributed by atoms with van der Waals surface area (Å²) in [6.45, 7) is 4.44. The van der Waals surface area contributed by atoms with Gasteiger partial charge in [0.2, 0.25) is 5.91 Å². The molecule has 7 nitrogen and oxygen atoms in total. The molecule has 1 aliphatic heterocycles. The predicted molar refractivity (Wildman–Crippen MR) is 70.8 cm³/mol. The fourth-order valence-corrected chi connectivity index (χ4v) is 2.34. The second-order valence-corrected chi connectivity index (χ2v) is 4.96. The Kier molecular flexibility index (Phi) is 4.36. The molecule has 0 aromatic carbocycles. The van der Waals surface area contributed by atoms with Crippen molar-refractivity contribution in [2.24, 2.45) is 7.05 Å². The molecular formula is C12H21N5O2. The van der Waals surface area contributed by atoms with Crippen LogP contribution in [0.3, 0.4) is 0 Å². The molecule has 1 aliphatic rings. The van der Waals surface area contributed by atoms with Gasteiger partial charge < -0.3 is 5.32 Å². The zero-order valence-corrected chi connectivity index (χ0v) is 11.5. The minimum absolute atomic E-state index is 0.0439. The maximum atomic E-state index is 12.0. The highest BCUT2D eigenvalue weighted by molar-refractivity contribution is 5.81. The van der Waals surface area contributed by atoms with E-state index in [0.717, 1.165) is 13.1 Å². The molecule has 0 bridgehead atoms. The van der Waals surface area contributed by atoms with Gasteiger partial charge in [-0.1, -0.05) is 0 Å². The lowest BCUT2D eigenvalue weighted by Gasteiger charge is -2.22. The number of amides is 1. The first-order valence-corrected chi connectivity index (χ1v) is 6.71. The molecule has 1 fully saturated rings. The summed E-state index contributed by atoms with van der Waals surface area (Å²) in [6.07, 6.45) is 2.90. The summed E-state index contributed by atoms with van der Waals surface area (Å²) in [7, 11) is 1.66. The van der Waals surface area contributed by atoms with Crippen LogP contribution in [0.5, 0.6) is 0 Å². The van der Waals surface area contributed by atoms with E-state index >= 15 is 0 Å². The van der Waals surface area contributed by atoms with E-state index < -0.39 is 0 Å². The Morgan fingerprint density at radius 2 is 2.16 bits per heavy atom. The molecule has 106 valence electrons. The zero-order chi connectivity index (χ0) is 13.8. The zero-order valence-electron chi connectivity index (χ0n) is 11.5. The lowest BCUT2D eigenvalue weighted by molar-refractivity contribution is -0.125. The third kappa shape index (κ3) is 3.23. The Hall–Kier alpha value is -1.63. The number of carbonyl (C=O) groups excluding carboxylic acids is 1. The molecule has 2 rings (SSSR count). The van der Waals surface area contributed by atoms with Crippen LogP contribution in [-0.2, 0) is 18.3 Å². The van der Waals surface area contributed by atoms with E-state index in [9.17, 15) is 9.59 Å². The van der Waals surface area contributed by atoms with Gasteiger partial charge in [0.25, 0.3) is 0 Å². The Balaban J connectivity index is 1.77. The first kappa shape index (κ1) is 13.8. The summed E-state index contributed by atoms with van der Waals surface area (Å²) in [6, 6.07) is -0.0782. The van der Waals surface area contributed by atoms with Gasteiger partial charge in [-0.25, -0.2) is 9.89 Å². The van der Waals surface area contributed by atoms with Crippen LogP contribution in [0.25, 0.3) is 0 Å². The predicted octanol–water partition coefficient (Wildman–Crippen LogP) is -0.749. The van der Waals surface area contributed by atoms with Crippen molar-refractivity contribution < 1.29 is 4.79 Å². The highest BCUT2D eigenvalue weighted by Crippen LogP contribution is 2.11. The van der Waals surface area contributed by atoms with E-state index in [-0.39, 0.29) is 17.6 Å². The molecule has 0 spiro atoms. The van der Waals surface area contributed by atoms with Crippen LogP contribution >= 0.6 is 0 Å². The minimum Gasteiger partial charge on any atom is -0.354 e. The van der Waals surface area contributed by atoms with E-state index in [0.29, 0.717) is 18.8 Å². The lowest BCUT2D eigenvalue weighted by atomic mass is 10.2. The van der Waals surface area contributed by atoms with Crippen LogP contribution in [-0.4, -0.2) is 51.2 Å². The summed E-state index contributed by atoms with van der Waals surface area (Å²) in [5.41, 5.74) is -0.230. The highest BCUT2D eigenvalue weighted by atomic mass is 16.2. The van der Waals surface area contributed by atoms with Crippen molar-refractivity contribution in [1.29, 1.82) is 0 Å².